The van der Waals surface area contributed by atoms with Gasteiger partial charge in [0.05, 0.1) is 0 Å². The van der Waals surface area contributed by atoms with E-state index in [-0.39, 0.29) is 22.3 Å². The molecule has 0 aromatic heterocycles. The topological polar surface area (TPSA) is 40.5 Å². The van der Waals surface area contributed by atoms with Crippen molar-refractivity contribution in [3.63, 3.8) is 0 Å². The Morgan fingerprint density at radius 2 is 1.10 bits per heavy atom. The minimum absolute atomic E-state index is 0.108. The number of hydrogen-bond acceptors (Lipinski definition) is 2. The van der Waals surface area contributed by atoms with E-state index in [1.54, 1.807) is 12.1 Å². The highest BCUT2D eigenvalue weighted by Crippen LogP contribution is 2.48. The van der Waals surface area contributed by atoms with E-state index in [4.69, 9.17) is 0 Å². The maximum Gasteiger partial charge on any atom is 0.123 e. The van der Waals surface area contributed by atoms with Gasteiger partial charge in [-0.15, -0.1) is 0 Å². The lowest BCUT2D eigenvalue weighted by Crippen LogP contribution is -2.33. The Morgan fingerprint density at radius 3 is 1.45 bits per heavy atom. The Bertz CT molecular complexity index is 636. The molecule has 1 aliphatic rings. The lowest BCUT2D eigenvalue weighted by Gasteiger charge is -2.42. The van der Waals surface area contributed by atoms with Gasteiger partial charge in [0, 0.05) is 10.8 Å². The van der Waals surface area contributed by atoms with E-state index >= 15 is 0 Å². The van der Waals surface area contributed by atoms with Crippen LogP contribution in [-0.2, 0) is 10.8 Å². The van der Waals surface area contributed by atoms with E-state index in [2.05, 4.69) is 39.8 Å². The number of hydrogen-bond donors (Lipinski definition) is 2. The molecule has 2 N–H and O–H groups in total. The van der Waals surface area contributed by atoms with Gasteiger partial charge < -0.3 is 10.2 Å². The molecular formula is C18H22O2. The SMILES string of the molecule is CC1(C)CCC(C)(C)c2cc3c(O)ccc(O)c3cc21. The third-order valence-corrected chi connectivity index (χ3v) is 4.94. The maximum atomic E-state index is 10.1. The van der Waals surface area contributed by atoms with Gasteiger partial charge in [-0.3, -0.25) is 0 Å². The third kappa shape index (κ3) is 1.78. The second kappa shape index (κ2) is 3.91. The summed E-state index contributed by atoms with van der Waals surface area (Å²) < 4.78 is 0. The number of aromatic hydroxyl groups is 2. The summed E-state index contributed by atoms with van der Waals surface area (Å²) in [5.74, 6) is 0.472. The molecule has 0 atom stereocenters. The number of phenolic OH excluding ortho intramolecular Hbond substituents is 2. The highest BCUT2D eigenvalue weighted by Gasteiger charge is 2.37. The summed E-state index contributed by atoms with van der Waals surface area (Å²) in [4.78, 5) is 0. The first-order chi connectivity index (χ1) is 9.22. The summed E-state index contributed by atoms with van der Waals surface area (Å²) >= 11 is 0. The summed E-state index contributed by atoms with van der Waals surface area (Å²) in [6.07, 6.45) is 2.27. The highest BCUT2D eigenvalue weighted by atomic mass is 16.3. The van der Waals surface area contributed by atoms with Gasteiger partial charge in [-0.2, -0.15) is 0 Å². The molecule has 0 fully saturated rings. The molecule has 3 rings (SSSR count). The monoisotopic (exact) mass is 270 g/mol. The van der Waals surface area contributed by atoms with Crippen molar-refractivity contribution in [2.45, 2.75) is 51.4 Å². The predicted molar refractivity (Wildman–Crippen MR) is 82.6 cm³/mol. The van der Waals surface area contributed by atoms with Crippen molar-refractivity contribution in [2.24, 2.45) is 0 Å². The lowest BCUT2D eigenvalue weighted by molar-refractivity contribution is 0.332. The molecule has 1 aliphatic carbocycles. The Kier molecular flexibility index (Phi) is 2.60. The maximum absolute atomic E-state index is 10.1. The van der Waals surface area contributed by atoms with Gasteiger partial charge in [-0.1, -0.05) is 27.7 Å². The van der Waals surface area contributed by atoms with Crippen molar-refractivity contribution in [2.75, 3.05) is 0 Å². The molecule has 2 nitrogen and oxygen atoms in total. The third-order valence-electron chi connectivity index (χ3n) is 4.94. The van der Waals surface area contributed by atoms with Crippen LogP contribution in [0.3, 0.4) is 0 Å². The summed E-state index contributed by atoms with van der Waals surface area (Å²) in [6, 6.07) is 7.26. The molecule has 0 radical (unpaired) electrons. The molecule has 20 heavy (non-hydrogen) atoms. The van der Waals surface area contributed by atoms with Gasteiger partial charge in [0.15, 0.2) is 0 Å². The van der Waals surface area contributed by atoms with E-state index < -0.39 is 0 Å². The molecule has 0 unspecified atom stereocenters. The fourth-order valence-electron chi connectivity index (χ4n) is 3.38. The molecule has 0 spiro atoms. The van der Waals surface area contributed by atoms with Crippen LogP contribution < -0.4 is 0 Å². The standard InChI is InChI=1S/C18H22O2/c1-17(2)7-8-18(3,4)14-10-12-11(9-13(14)17)15(19)5-6-16(12)20/h5-6,9-10,19-20H,7-8H2,1-4H3. The van der Waals surface area contributed by atoms with Crippen LogP contribution in [0.15, 0.2) is 24.3 Å². The molecule has 0 saturated carbocycles. The van der Waals surface area contributed by atoms with Crippen molar-refractivity contribution in [1.29, 1.82) is 0 Å². The first-order valence-electron chi connectivity index (χ1n) is 7.22. The molecule has 0 aliphatic heterocycles. The van der Waals surface area contributed by atoms with Crippen LogP contribution in [0.5, 0.6) is 11.5 Å². The molecule has 0 heterocycles. The zero-order chi connectivity index (χ0) is 14.7. The van der Waals surface area contributed by atoms with Crippen LogP contribution >= 0.6 is 0 Å². The van der Waals surface area contributed by atoms with Gasteiger partial charge in [-0.05, 0) is 59.1 Å². The van der Waals surface area contributed by atoms with Crippen molar-refractivity contribution in [3.05, 3.63) is 35.4 Å². The summed E-state index contributed by atoms with van der Waals surface area (Å²) in [7, 11) is 0. The quantitative estimate of drug-likeness (QED) is 0.687. The van der Waals surface area contributed by atoms with Crippen molar-refractivity contribution in [1.82, 2.24) is 0 Å². The molecular weight excluding hydrogens is 248 g/mol. The molecule has 0 saturated heterocycles. The number of rotatable bonds is 0. The predicted octanol–water partition coefficient (Wildman–Crippen LogP) is 4.60. The van der Waals surface area contributed by atoms with Crippen molar-refractivity contribution >= 4 is 10.8 Å². The lowest BCUT2D eigenvalue weighted by atomic mass is 9.63. The zero-order valence-electron chi connectivity index (χ0n) is 12.6. The minimum Gasteiger partial charge on any atom is -0.507 e. The van der Waals surface area contributed by atoms with E-state index in [0.717, 1.165) is 23.6 Å². The molecule has 0 bridgehead atoms. The van der Waals surface area contributed by atoms with Crippen LogP contribution in [0.4, 0.5) is 0 Å². The van der Waals surface area contributed by atoms with E-state index in [9.17, 15) is 10.2 Å². The highest BCUT2D eigenvalue weighted by molar-refractivity contribution is 5.94. The van der Waals surface area contributed by atoms with E-state index in [1.807, 2.05) is 0 Å². The van der Waals surface area contributed by atoms with Gasteiger partial charge in [0.1, 0.15) is 11.5 Å². The molecule has 0 amide bonds. The summed E-state index contributed by atoms with van der Waals surface area (Å²) in [5, 5.41) is 21.7. The average molecular weight is 270 g/mol. The van der Waals surface area contributed by atoms with Crippen molar-refractivity contribution < 1.29 is 10.2 Å². The summed E-state index contributed by atoms with van der Waals surface area (Å²) in [5.41, 5.74) is 2.80. The van der Waals surface area contributed by atoms with Crippen LogP contribution in [-0.4, -0.2) is 10.2 Å². The largest absolute Gasteiger partial charge is 0.507 e. The number of phenols is 2. The van der Waals surface area contributed by atoms with Gasteiger partial charge in [0.25, 0.3) is 0 Å². The van der Waals surface area contributed by atoms with Crippen molar-refractivity contribution in [3.8, 4) is 11.5 Å². The number of fused-ring (bicyclic) bond motifs is 2. The normalized spacial score (nSPS) is 19.8. The van der Waals surface area contributed by atoms with Crippen LogP contribution in [0.2, 0.25) is 0 Å². The van der Waals surface area contributed by atoms with Crippen LogP contribution in [0.1, 0.15) is 51.7 Å². The first-order valence-corrected chi connectivity index (χ1v) is 7.22. The number of benzene rings is 2. The van der Waals surface area contributed by atoms with Crippen LogP contribution in [0.25, 0.3) is 10.8 Å². The Balaban J connectivity index is 2.43. The van der Waals surface area contributed by atoms with Gasteiger partial charge in [0.2, 0.25) is 0 Å². The smallest absolute Gasteiger partial charge is 0.123 e. The molecule has 2 heteroatoms. The minimum atomic E-state index is 0.108. The van der Waals surface area contributed by atoms with E-state index in [1.165, 1.54) is 11.1 Å². The second-order valence-corrected chi connectivity index (χ2v) is 7.31. The molecule has 2 aromatic rings. The fourth-order valence-corrected chi connectivity index (χ4v) is 3.38. The Labute approximate surface area is 120 Å². The Hall–Kier alpha value is -1.70. The molecule has 106 valence electrons. The van der Waals surface area contributed by atoms with Gasteiger partial charge in [-0.25, -0.2) is 0 Å². The second-order valence-electron chi connectivity index (χ2n) is 7.31. The van der Waals surface area contributed by atoms with E-state index in [0.29, 0.717) is 0 Å². The summed E-state index contributed by atoms with van der Waals surface area (Å²) in [6.45, 7) is 9.03. The average Bonchev–Trinajstić information content (AvgIpc) is 2.39. The Morgan fingerprint density at radius 1 is 0.750 bits per heavy atom. The fraction of sp³-hybridized carbons (Fsp3) is 0.444. The first kappa shape index (κ1) is 13.3. The van der Waals surface area contributed by atoms with Crippen LogP contribution in [0, 0.1) is 0 Å². The van der Waals surface area contributed by atoms with Gasteiger partial charge >= 0.3 is 0 Å². The molecule has 2 aromatic carbocycles. The zero-order valence-corrected chi connectivity index (χ0v) is 12.6.